The predicted octanol–water partition coefficient (Wildman–Crippen LogP) is 4.26. The number of hydrogen-bond acceptors (Lipinski definition) is 7. The number of carbonyl (C=O) groups excluding carboxylic acids is 2. The summed E-state index contributed by atoms with van der Waals surface area (Å²) in [6, 6.07) is 2.72. The molecule has 0 amide bonds. The molecule has 1 aliphatic carbocycles. The molecule has 0 atom stereocenters. The van der Waals surface area contributed by atoms with E-state index in [2.05, 4.69) is 0 Å². The van der Waals surface area contributed by atoms with Gasteiger partial charge in [0.15, 0.2) is 17.3 Å². The molecule has 8 heteroatoms. The zero-order valence-electron chi connectivity index (χ0n) is 10.6. The van der Waals surface area contributed by atoms with E-state index in [-0.39, 0.29) is 23.1 Å². The molecule has 0 spiro atoms. The Bertz CT molecular complexity index is 786. The first-order valence-corrected chi connectivity index (χ1v) is 9.31. The molecule has 0 fully saturated rings. The summed E-state index contributed by atoms with van der Waals surface area (Å²) >= 11 is 5.11. The molecule has 4 nitrogen and oxygen atoms in total. The minimum Gasteiger partial charge on any atom is -0.507 e. The molecule has 1 radical (unpaired) electrons. The van der Waals surface area contributed by atoms with Crippen molar-refractivity contribution in [2.24, 2.45) is 0 Å². The predicted molar refractivity (Wildman–Crippen MR) is 88.3 cm³/mol. The van der Waals surface area contributed by atoms with Crippen LogP contribution in [0.4, 0.5) is 0 Å². The van der Waals surface area contributed by atoms with E-state index < -0.39 is 0 Å². The van der Waals surface area contributed by atoms with Gasteiger partial charge in [0, 0.05) is 0 Å². The molecule has 0 bridgehead atoms. The van der Waals surface area contributed by atoms with Crippen LogP contribution < -0.4 is 0 Å². The maximum Gasteiger partial charge on any atom is 0.193 e. The molecule has 109 valence electrons. The van der Waals surface area contributed by atoms with Crippen molar-refractivity contribution in [1.29, 1.82) is 0 Å². The fourth-order valence-electron chi connectivity index (χ4n) is 2.03. The molecule has 0 saturated carbocycles. The number of ketones is 2. The number of phenolic OH excluding ortho intramolecular Hbond substituents is 1. The van der Waals surface area contributed by atoms with Gasteiger partial charge in [0.25, 0.3) is 0 Å². The number of hydrogen-bond donors (Lipinski definition) is 1. The number of thioether (sulfide) groups is 4. The highest BCUT2D eigenvalue weighted by Gasteiger charge is 2.36. The van der Waals surface area contributed by atoms with Gasteiger partial charge in [0.1, 0.15) is 5.75 Å². The minimum atomic E-state index is -0.166. The number of benzene rings is 1. The van der Waals surface area contributed by atoms with Crippen molar-refractivity contribution in [2.75, 3.05) is 0 Å². The van der Waals surface area contributed by atoms with Gasteiger partial charge in [-0.25, -0.2) is 0 Å². The summed E-state index contributed by atoms with van der Waals surface area (Å²) in [6.07, 6.45) is 2.57. The van der Waals surface area contributed by atoms with Crippen molar-refractivity contribution in [3.05, 3.63) is 42.6 Å². The molecular formula is C14H5O4S4. The van der Waals surface area contributed by atoms with Crippen LogP contribution in [0.3, 0.4) is 0 Å². The van der Waals surface area contributed by atoms with E-state index in [1.165, 1.54) is 71.3 Å². The lowest BCUT2D eigenvalue weighted by Crippen LogP contribution is -2.07. The van der Waals surface area contributed by atoms with Gasteiger partial charge < -0.3 is 5.11 Å². The van der Waals surface area contributed by atoms with Crippen LogP contribution in [0, 0.1) is 0 Å². The smallest absolute Gasteiger partial charge is 0.193 e. The van der Waals surface area contributed by atoms with E-state index in [1.807, 2.05) is 0 Å². The van der Waals surface area contributed by atoms with Crippen LogP contribution in [0.5, 0.6) is 11.5 Å². The van der Waals surface area contributed by atoms with Crippen molar-refractivity contribution >= 4 is 58.6 Å². The molecule has 1 N–H and O–H groups in total. The molecule has 0 aromatic heterocycles. The molecule has 0 unspecified atom stereocenters. The zero-order valence-corrected chi connectivity index (χ0v) is 13.9. The lowest BCUT2D eigenvalue weighted by atomic mass is 10.2. The third-order valence-electron chi connectivity index (χ3n) is 3.04. The Balaban J connectivity index is 1.70. The Hall–Kier alpha value is -1.22. The third kappa shape index (κ3) is 2.13. The summed E-state index contributed by atoms with van der Waals surface area (Å²) < 4.78 is 1.62. The zero-order chi connectivity index (χ0) is 15.4. The van der Waals surface area contributed by atoms with E-state index in [0.717, 1.165) is 8.47 Å². The standard InChI is InChI=1S/C14H5O4S4/c15-5-1-2-6(16)10-9(5)19-13(20-10)14-21-11-7(17)3-4-8(18)12(11)22-14/h1-4,15H. The van der Waals surface area contributed by atoms with Gasteiger partial charge in [-0.2, -0.15) is 0 Å². The number of allylic oxidation sites excluding steroid dienone is 4. The maximum absolute atomic E-state index is 11.9. The molecule has 22 heavy (non-hydrogen) atoms. The molecule has 1 aromatic rings. The summed E-state index contributed by atoms with van der Waals surface area (Å²) in [5.74, 6) is -0.399. The number of rotatable bonds is 0. The number of carbonyl (C=O) groups is 2. The van der Waals surface area contributed by atoms with Crippen LogP contribution in [0.2, 0.25) is 0 Å². The van der Waals surface area contributed by atoms with Crippen LogP contribution in [-0.4, -0.2) is 16.7 Å². The SMILES string of the molecule is [O]c1ccc(O)c2c1SC(=C1SC3=C(S1)C(=O)C=CC3=O)S2. The second kappa shape index (κ2) is 5.16. The monoisotopic (exact) mass is 365 g/mol. The van der Waals surface area contributed by atoms with Crippen molar-refractivity contribution in [1.82, 2.24) is 0 Å². The average molecular weight is 365 g/mol. The number of aromatic hydroxyl groups is 1. The van der Waals surface area contributed by atoms with E-state index in [4.69, 9.17) is 0 Å². The van der Waals surface area contributed by atoms with Crippen LogP contribution in [0.15, 0.2) is 52.4 Å². The lowest BCUT2D eigenvalue weighted by molar-refractivity contribution is -0.114. The van der Waals surface area contributed by atoms with Crippen LogP contribution >= 0.6 is 47.0 Å². The molecule has 0 saturated heterocycles. The summed E-state index contributed by atoms with van der Waals surface area (Å²) in [7, 11) is 0. The van der Waals surface area contributed by atoms with E-state index >= 15 is 0 Å². The first-order chi connectivity index (χ1) is 10.5. The van der Waals surface area contributed by atoms with Gasteiger partial charge in [0.05, 0.1) is 28.1 Å². The van der Waals surface area contributed by atoms with Gasteiger partial charge in [-0.15, -0.1) is 0 Å². The van der Waals surface area contributed by atoms with Crippen molar-refractivity contribution in [3.8, 4) is 11.5 Å². The summed E-state index contributed by atoms with van der Waals surface area (Å²) in [5.41, 5.74) is 0. The third-order valence-corrected chi connectivity index (χ3v) is 8.82. The second-order valence-electron chi connectivity index (χ2n) is 4.44. The molecule has 3 aliphatic rings. The van der Waals surface area contributed by atoms with Crippen molar-refractivity contribution < 1.29 is 19.8 Å². The van der Waals surface area contributed by atoms with Crippen LogP contribution in [0.1, 0.15) is 0 Å². The first kappa shape index (κ1) is 14.4. The minimum absolute atomic E-state index is 0.0715. The fourth-order valence-corrected chi connectivity index (χ4v) is 7.39. The maximum atomic E-state index is 11.9. The molecule has 1 aromatic carbocycles. The van der Waals surface area contributed by atoms with Crippen molar-refractivity contribution in [3.63, 3.8) is 0 Å². The molecular weight excluding hydrogens is 360 g/mol. The average Bonchev–Trinajstić information content (AvgIpc) is 3.12. The highest BCUT2D eigenvalue weighted by molar-refractivity contribution is 8.33. The quantitative estimate of drug-likeness (QED) is 0.689. The molecule has 4 rings (SSSR count). The van der Waals surface area contributed by atoms with Crippen molar-refractivity contribution in [2.45, 2.75) is 9.79 Å². The van der Waals surface area contributed by atoms with E-state index in [9.17, 15) is 19.8 Å². The summed E-state index contributed by atoms with van der Waals surface area (Å²) in [6.45, 7) is 0. The Morgan fingerprint density at radius 2 is 1.32 bits per heavy atom. The van der Waals surface area contributed by atoms with Gasteiger partial charge in [-0.05, 0) is 24.3 Å². The lowest BCUT2D eigenvalue weighted by Gasteiger charge is -2.01. The van der Waals surface area contributed by atoms with Gasteiger partial charge in [-0.1, -0.05) is 47.0 Å². The molecule has 2 heterocycles. The summed E-state index contributed by atoms with van der Waals surface area (Å²) in [5, 5.41) is 21.7. The molecule has 2 aliphatic heterocycles. The van der Waals surface area contributed by atoms with Crippen LogP contribution in [0.25, 0.3) is 0 Å². The number of phenols is 1. The highest BCUT2D eigenvalue weighted by Crippen LogP contribution is 2.64. The fraction of sp³-hybridized carbons (Fsp3) is 0. The topological polar surface area (TPSA) is 74.3 Å². The summed E-state index contributed by atoms with van der Waals surface area (Å²) in [4.78, 5) is 25.6. The van der Waals surface area contributed by atoms with Gasteiger partial charge in [-0.3, -0.25) is 14.7 Å². The normalized spacial score (nSPS) is 20.0. The van der Waals surface area contributed by atoms with Gasteiger partial charge in [0.2, 0.25) is 0 Å². The Morgan fingerprint density at radius 1 is 0.773 bits per heavy atom. The van der Waals surface area contributed by atoms with E-state index in [0.29, 0.717) is 19.6 Å². The Kier molecular flexibility index (Phi) is 3.37. The van der Waals surface area contributed by atoms with Crippen LogP contribution in [-0.2, 0) is 14.7 Å². The highest BCUT2D eigenvalue weighted by atomic mass is 32.2. The van der Waals surface area contributed by atoms with E-state index in [1.54, 1.807) is 0 Å². The number of fused-ring (bicyclic) bond motifs is 1. The Morgan fingerprint density at radius 3 is 1.91 bits per heavy atom. The Labute approximate surface area is 142 Å². The first-order valence-electron chi connectivity index (χ1n) is 6.04. The second-order valence-corrected chi connectivity index (χ2v) is 9.04. The van der Waals surface area contributed by atoms with Gasteiger partial charge >= 0.3 is 0 Å². The largest absolute Gasteiger partial charge is 0.507 e.